The summed E-state index contributed by atoms with van der Waals surface area (Å²) in [6.07, 6.45) is 1.67. The quantitative estimate of drug-likeness (QED) is 0.650. The molecule has 25 heavy (non-hydrogen) atoms. The van der Waals surface area contributed by atoms with Crippen LogP contribution in [0.2, 0.25) is 10.0 Å². The number of fused-ring (bicyclic) bond motifs is 1. The van der Waals surface area contributed by atoms with Crippen LogP contribution in [0.4, 0.5) is 5.82 Å². The molecule has 0 N–H and O–H groups in total. The summed E-state index contributed by atoms with van der Waals surface area (Å²) >= 11 is 14.0. The van der Waals surface area contributed by atoms with Gasteiger partial charge in [-0.3, -0.25) is 4.90 Å². The summed E-state index contributed by atoms with van der Waals surface area (Å²) in [5, 5.41) is 2.58. The lowest BCUT2D eigenvalue weighted by Gasteiger charge is -2.35. The second-order valence-electron chi connectivity index (χ2n) is 6.27. The average Bonchev–Trinajstić information content (AvgIpc) is 2.98. The van der Waals surface area contributed by atoms with Crippen LogP contribution >= 0.6 is 34.5 Å². The normalized spacial score (nSPS) is 15.9. The van der Waals surface area contributed by atoms with E-state index in [9.17, 15) is 0 Å². The molecule has 7 heteroatoms. The third kappa shape index (κ3) is 3.60. The molecule has 0 aliphatic carbocycles. The van der Waals surface area contributed by atoms with E-state index in [4.69, 9.17) is 23.2 Å². The first-order chi connectivity index (χ1) is 12.1. The highest BCUT2D eigenvalue weighted by Gasteiger charge is 2.21. The Labute approximate surface area is 161 Å². The maximum atomic E-state index is 6.30. The molecule has 0 atom stereocenters. The van der Waals surface area contributed by atoms with Crippen LogP contribution in [0.15, 0.2) is 30.6 Å². The van der Waals surface area contributed by atoms with Gasteiger partial charge >= 0.3 is 0 Å². The van der Waals surface area contributed by atoms with Crippen molar-refractivity contribution in [1.29, 1.82) is 0 Å². The Hall–Kier alpha value is -1.40. The van der Waals surface area contributed by atoms with Crippen molar-refractivity contribution in [2.75, 3.05) is 31.1 Å². The van der Waals surface area contributed by atoms with E-state index in [1.165, 1.54) is 10.3 Å². The molecule has 1 saturated heterocycles. The minimum Gasteiger partial charge on any atom is -0.353 e. The first-order valence-corrected chi connectivity index (χ1v) is 9.80. The Morgan fingerprint density at radius 3 is 2.64 bits per heavy atom. The fraction of sp³-hybridized carbons (Fsp3) is 0.333. The molecule has 1 aliphatic rings. The molecule has 0 bridgehead atoms. The Morgan fingerprint density at radius 2 is 1.88 bits per heavy atom. The molecule has 0 amide bonds. The van der Waals surface area contributed by atoms with Crippen molar-refractivity contribution in [3.63, 3.8) is 0 Å². The first-order valence-electron chi connectivity index (χ1n) is 8.22. The fourth-order valence-corrected chi connectivity index (χ4v) is 4.53. The van der Waals surface area contributed by atoms with Gasteiger partial charge in [0.05, 0.1) is 5.39 Å². The maximum absolute atomic E-state index is 6.30. The number of aromatic nitrogens is 2. The predicted molar refractivity (Wildman–Crippen MR) is 106 cm³/mol. The highest BCUT2D eigenvalue weighted by atomic mass is 35.5. The minimum atomic E-state index is 0.678. The lowest BCUT2D eigenvalue weighted by molar-refractivity contribution is 0.249. The molecular formula is C18H18Cl2N4S. The van der Waals surface area contributed by atoms with Gasteiger partial charge in [-0.15, -0.1) is 11.3 Å². The van der Waals surface area contributed by atoms with Crippen LogP contribution in [0.1, 0.15) is 10.4 Å². The highest BCUT2D eigenvalue weighted by Crippen LogP contribution is 2.30. The largest absolute Gasteiger partial charge is 0.353 e. The first kappa shape index (κ1) is 17.0. The highest BCUT2D eigenvalue weighted by molar-refractivity contribution is 7.18. The van der Waals surface area contributed by atoms with Gasteiger partial charge in [0.25, 0.3) is 0 Å². The summed E-state index contributed by atoms with van der Waals surface area (Å²) in [5.74, 6) is 1.05. The van der Waals surface area contributed by atoms with E-state index in [1.54, 1.807) is 17.7 Å². The number of piperazine rings is 1. The summed E-state index contributed by atoms with van der Waals surface area (Å²) in [6, 6.07) is 7.91. The Kier molecular flexibility index (Phi) is 4.82. The number of anilines is 1. The number of hydrogen-bond acceptors (Lipinski definition) is 5. The molecule has 1 aliphatic heterocycles. The van der Waals surface area contributed by atoms with Crippen LogP contribution in [0.3, 0.4) is 0 Å². The van der Waals surface area contributed by atoms with Crippen molar-refractivity contribution in [2.45, 2.75) is 13.5 Å². The monoisotopic (exact) mass is 392 g/mol. The van der Waals surface area contributed by atoms with Crippen LogP contribution in [0, 0.1) is 6.92 Å². The predicted octanol–water partition coefficient (Wildman–Crippen LogP) is 4.63. The van der Waals surface area contributed by atoms with Gasteiger partial charge in [0.15, 0.2) is 0 Å². The van der Waals surface area contributed by atoms with E-state index in [0.29, 0.717) is 5.02 Å². The Morgan fingerprint density at radius 1 is 1.08 bits per heavy atom. The third-order valence-corrected chi connectivity index (χ3v) is 6.06. The molecule has 3 heterocycles. The molecule has 4 rings (SSSR count). The molecule has 0 radical (unpaired) electrons. The molecular weight excluding hydrogens is 375 g/mol. The summed E-state index contributed by atoms with van der Waals surface area (Å²) in [5.41, 5.74) is 1.12. The number of thiophene rings is 1. The molecule has 4 nitrogen and oxygen atoms in total. The van der Waals surface area contributed by atoms with E-state index < -0.39 is 0 Å². The standard InChI is InChI=1S/C18H18Cl2N4S/c1-12-8-15-17(21-11-22-18(15)25-12)24-6-4-23(5-7-24)10-13-2-3-14(19)9-16(13)20/h2-3,8-9,11H,4-7,10H2,1H3. The van der Waals surface area contributed by atoms with E-state index in [-0.39, 0.29) is 0 Å². The van der Waals surface area contributed by atoms with E-state index in [1.807, 2.05) is 18.2 Å². The number of aryl methyl sites for hydroxylation is 1. The lowest BCUT2D eigenvalue weighted by atomic mass is 10.2. The number of benzene rings is 1. The number of nitrogens with zero attached hydrogens (tertiary/aromatic N) is 4. The van der Waals surface area contributed by atoms with Crippen LogP contribution in [0.25, 0.3) is 10.2 Å². The zero-order valence-electron chi connectivity index (χ0n) is 13.9. The van der Waals surface area contributed by atoms with Gasteiger partial charge in [-0.1, -0.05) is 29.3 Å². The van der Waals surface area contributed by atoms with Gasteiger partial charge in [-0.05, 0) is 30.7 Å². The lowest BCUT2D eigenvalue weighted by Crippen LogP contribution is -2.46. The summed E-state index contributed by atoms with van der Waals surface area (Å²) < 4.78 is 0. The summed E-state index contributed by atoms with van der Waals surface area (Å²) in [4.78, 5) is 16.0. The summed E-state index contributed by atoms with van der Waals surface area (Å²) in [6.45, 7) is 6.82. The topological polar surface area (TPSA) is 32.3 Å². The van der Waals surface area contributed by atoms with Gasteiger partial charge in [0, 0.05) is 47.6 Å². The van der Waals surface area contributed by atoms with Crippen LogP contribution in [-0.2, 0) is 6.54 Å². The molecule has 2 aromatic heterocycles. The van der Waals surface area contributed by atoms with E-state index in [2.05, 4.69) is 32.8 Å². The average molecular weight is 393 g/mol. The minimum absolute atomic E-state index is 0.678. The number of rotatable bonds is 3. The molecule has 3 aromatic rings. The number of halogens is 2. The van der Waals surface area contributed by atoms with E-state index in [0.717, 1.165) is 54.0 Å². The van der Waals surface area contributed by atoms with Crippen molar-refractivity contribution in [2.24, 2.45) is 0 Å². The van der Waals surface area contributed by atoms with Crippen molar-refractivity contribution in [3.8, 4) is 0 Å². The van der Waals surface area contributed by atoms with Gasteiger partial charge < -0.3 is 4.90 Å². The van der Waals surface area contributed by atoms with Gasteiger partial charge in [0.1, 0.15) is 17.0 Å². The molecule has 1 aromatic carbocycles. The van der Waals surface area contributed by atoms with Crippen LogP contribution in [0.5, 0.6) is 0 Å². The molecule has 0 unspecified atom stereocenters. The van der Waals surface area contributed by atoms with Crippen molar-refractivity contribution in [3.05, 3.63) is 51.1 Å². The molecule has 0 saturated carbocycles. The van der Waals surface area contributed by atoms with Gasteiger partial charge in [-0.2, -0.15) is 0 Å². The summed E-state index contributed by atoms with van der Waals surface area (Å²) in [7, 11) is 0. The zero-order chi connectivity index (χ0) is 17.4. The van der Waals surface area contributed by atoms with Gasteiger partial charge in [-0.25, -0.2) is 9.97 Å². The Balaban J connectivity index is 1.46. The maximum Gasteiger partial charge on any atom is 0.140 e. The zero-order valence-corrected chi connectivity index (χ0v) is 16.2. The molecule has 130 valence electrons. The van der Waals surface area contributed by atoms with E-state index >= 15 is 0 Å². The van der Waals surface area contributed by atoms with Crippen LogP contribution < -0.4 is 4.90 Å². The van der Waals surface area contributed by atoms with Crippen molar-refractivity contribution >= 4 is 50.6 Å². The number of hydrogen-bond donors (Lipinski definition) is 0. The van der Waals surface area contributed by atoms with Crippen molar-refractivity contribution in [1.82, 2.24) is 14.9 Å². The second-order valence-corrected chi connectivity index (χ2v) is 8.35. The van der Waals surface area contributed by atoms with Crippen LogP contribution in [-0.4, -0.2) is 41.0 Å². The smallest absolute Gasteiger partial charge is 0.140 e. The van der Waals surface area contributed by atoms with Gasteiger partial charge in [0.2, 0.25) is 0 Å². The van der Waals surface area contributed by atoms with Crippen molar-refractivity contribution < 1.29 is 0 Å². The third-order valence-electron chi connectivity index (χ3n) is 4.51. The second kappa shape index (κ2) is 7.08. The SMILES string of the molecule is Cc1cc2c(N3CCN(Cc4ccc(Cl)cc4Cl)CC3)ncnc2s1. The Bertz CT molecular complexity index is 903. The fourth-order valence-electron chi connectivity index (χ4n) is 3.22. The molecule has 1 fully saturated rings. The molecule has 0 spiro atoms.